The van der Waals surface area contributed by atoms with Crippen molar-refractivity contribution < 1.29 is 18.6 Å². The highest BCUT2D eigenvalue weighted by Gasteiger charge is 2.46. The molecule has 226 valence electrons. The molecule has 10 nitrogen and oxygen atoms in total. The molecule has 2 heterocycles. The maximum Gasteiger partial charge on any atom is 0.212 e. The van der Waals surface area contributed by atoms with Crippen molar-refractivity contribution in [1.29, 1.82) is 5.26 Å². The first-order chi connectivity index (χ1) is 19.6. The Bertz CT molecular complexity index is 1180. The van der Waals surface area contributed by atoms with Crippen molar-refractivity contribution in [2.24, 2.45) is 22.4 Å². The highest BCUT2D eigenvalue weighted by atomic mass is 19.1. The van der Waals surface area contributed by atoms with Gasteiger partial charge in [-0.15, -0.1) is 0 Å². The number of nitrogens with zero attached hydrogens (tertiary/aromatic N) is 5. The Labute approximate surface area is 242 Å². The van der Waals surface area contributed by atoms with Crippen LogP contribution in [0.3, 0.4) is 0 Å². The van der Waals surface area contributed by atoms with E-state index in [0.717, 1.165) is 50.9 Å². The van der Waals surface area contributed by atoms with Gasteiger partial charge in [-0.2, -0.15) is 5.26 Å². The SMILES string of the molecule is CCN=C(N/C(N)=C/C=C(\CC)N1CCN(CC)CC1)/C(C#N)=C(\N)OC1=CC(F)=C2C(CC(C)N2C(C)O)C1F. The number of aliphatic hydroxyl groups is 1. The smallest absolute Gasteiger partial charge is 0.212 e. The van der Waals surface area contributed by atoms with Crippen molar-refractivity contribution in [1.82, 2.24) is 20.0 Å². The van der Waals surface area contributed by atoms with Crippen molar-refractivity contribution >= 4 is 5.84 Å². The van der Waals surface area contributed by atoms with Crippen LogP contribution in [0.15, 0.2) is 63.5 Å². The Morgan fingerprint density at radius 3 is 2.51 bits per heavy atom. The van der Waals surface area contributed by atoms with Gasteiger partial charge in [-0.1, -0.05) is 13.8 Å². The lowest BCUT2D eigenvalue weighted by Gasteiger charge is -2.36. The molecule has 6 N–H and O–H groups in total. The molecule has 2 aliphatic heterocycles. The summed E-state index contributed by atoms with van der Waals surface area (Å²) in [7, 11) is 0. The number of allylic oxidation sites excluding steroid dienone is 7. The van der Waals surface area contributed by atoms with Gasteiger partial charge >= 0.3 is 0 Å². The number of piperazine rings is 1. The van der Waals surface area contributed by atoms with E-state index in [-0.39, 0.29) is 41.1 Å². The fourth-order valence-corrected chi connectivity index (χ4v) is 5.62. The Kier molecular flexibility index (Phi) is 11.2. The van der Waals surface area contributed by atoms with Crippen LogP contribution in [0.4, 0.5) is 8.78 Å². The normalized spacial score (nSPS) is 25.9. The molecular formula is C29H44F2N8O2. The van der Waals surface area contributed by atoms with Gasteiger partial charge < -0.3 is 41.3 Å². The molecule has 12 heteroatoms. The van der Waals surface area contributed by atoms with Crippen molar-refractivity contribution in [2.45, 2.75) is 65.9 Å². The van der Waals surface area contributed by atoms with E-state index in [1.54, 1.807) is 19.9 Å². The number of hydrogen-bond acceptors (Lipinski definition) is 9. The van der Waals surface area contributed by atoms with E-state index in [2.05, 4.69) is 34.0 Å². The number of halogens is 2. The van der Waals surface area contributed by atoms with Crippen molar-refractivity contribution in [2.75, 3.05) is 39.3 Å². The number of hydrogen-bond donors (Lipinski definition) is 4. The Morgan fingerprint density at radius 2 is 1.95 bits per heavy atom. The molecule has 0 radical (unpaired) electrons. The molecule has 41 heavy (non-hydrogen) atoms. The molecule has 3 rings (SSSR count). The average Bonchev–Trinajstić information content (AvgIpc) is 3.30. The summed E-state index contributed by atoms with van der Waals surface area (Å²) in [5.41, 5.74) is 13.4. The van der Waals surface area contributed by atoms with Gasteiger partial charge in [-0.25, -0.2) is 8.78 Å². The first-order valence-corrected chi connectivity index (χ1v) is 14.3. The number of fused-ring (bicyclic) bond motifs is 1. The van der Waals surface area contributed by atoms with Crippen LogP contribution in [0.2, 0.25) is 0 Å². The molecule has 2 fully saturated rings. The maximum atomic E-state index is 15.5. The number of aliphatic imine (C=N–C) groups is 1. The lowest BCUT2D eigenvalue weighted by Crippen LogP contribution is -2.45. The molecule has 2 saturated heterocycles. The van der Waals surface area contributed by atoms with Crippen LogP contribution in [-0.4, -0.2) is 83.4 Å². The number of ether oxygens (including phenoxy) is 1. The van der Waals surface area contributed by atoms with Gasteiger partial charge in [0.1, 0.15) is 35.5 Å². The van der Waals surface area contributed by atoms with Crippen LogP contribution in [0.1, 0.15) is 47.5 Å². The molecule has 4 unspecified atom stereocenters. The molecule has 0 saturated carbocycles. The number of nitrogens with two attached hydrogens (primary N) is 2. The Morgan fingerprint density at radius 1 is 1.27 bits per heavy atom. The lowest BCUT2D eigenvalue weighted by molar-refractivity contribution is 0.0302. The van der Waals surface area contributed by atoms with Crippen LogP contribution in [0.25, 0.3) is 0 Å². The number of amidine groups is 1. The van der Waals surface area contributed by atoms with E-state index >= 15 is 8.78 Å². The van der Waals surface area contributed by atoms with Gasteiger partial charge in [-0.05, 0) is 52.3 Å². The summed E-state index contributed by atoms with van der Waals surface area (Å²) >= 11 is 0. The van der Waals surface area contributed by atoms with Crippen molar-refractivity contribution in [3.63, 3.8) is 0 Å². The minimum absolute atomic E-state index is 0.0579. The number of aliphatic hydroxyl groups excluding tert-OH is 1. The van der Waals surface area contributed by atoms with Crippen LogP contribution in [0, 0.1) is 17.2 Å². The van der Waals surface area contributed by atoms with Gasteiger partial charge in [-0.3, -0.25) is 4.99 Å². The molecule has 3 aliphatic rings. The molecule has 4 atom stereocenters. The molecule has 0 bridgehead atoms. The topological polar surface area (TPSA) is 139 Å². The summed E-state index contributed by atoms with van der Waals surface area (Å²) in [6.07, 6.45) is 3.00. The molecule has 0 aromatic carbocycles. The number of nitriles is 1. The Hall–Kier alpha value is -3.56. The Balaban J connectivity index is 1.80. The van der Waals surface area contributed by atoms with Gasteiger partial charge in [0.05, 0.1) is 5.70 Å². The third-order valence-electron chi connectivity index (χ3n) is 7.69. The standard InChI is InChI=1S/C29H44F2N8O2/c1-6-20(38-13-11-37(8-3)12-14-38)9-10-25(33)36-29(35-7-2)22(17-32)28(34)41-24-16-23(30)27-21(26(24)31)15-18(4)39(27)19(5)40/h9-10,16,18-19,21,26,40H,6-8,11-15,33-34H2,1-5H3,(H,35,36)/b20-9+,25-10+,28-22+. The van der Waals surface area contributed by atoms with Crippen LogP contribution < -0.4 is 16.8 Å². The zero-order valence-corrected chi connectivity index (χ0v) is 24.7. The van der Waals surface area contributed by atoms with Gasteiger partial charge in [0, 0.05) is 56.5 Å². The van der Waals surface area contributed by atoms with Crippen LogP contribution in [-0.2, 0) is 4.74 Å². The summed E-state index contributed by atoms with van der Waals surface area (Å²) in [6.45, 7) is 14.5. The van der Waals surface area contributed by atoms with Gasteiger partial charge in [0.15, 0.2) is 11.7 Å². The summed E-state index contributed by atoms with van der Waals surface area (Å²) in [5.74, 6) is -2.04. The number of likely N-dealkylation sites (tertiary alicyclic amines) is 1. The molecule has 0 amide bonds. The zero-order valence-electron chi connectivity index (χ0n) is 24.7. The van der Waals surface area contributed by atoms with Crippen molar-refractivity contribution in [3.8, 4) is 6.07 Å². The fraction of sp³-hybridized carbons (Fsp3) is 0.586. The van der Waals surface area contributed by atoms with E-state index < -0.39 is 30.0 Å². The quantitative estimate of drug-likeness (QED) is 0.102. The number of nitrogens with one attached hydrogen (secondary N) is 1. The first kappa shape index (κ1) is 32.0. The third-order valence-corrected chi connectivity index (χ3v) is 7.69. The first-order valence-electron chi connectivity index (χ1n) is 14.3. The van der Waals surface area contributed by atoms with Gasteiger partial charge in [0.2, 0.25) is 5.88 Å². The molecule has 0 aromatic heterocycles. The highest BCUT2D eigenvalue weighted by Crippen LogP contribution is 2.45. The van der Waals surface area contributed by atoms with Crippen LogP contribution in [0.5, 0.6) is 0 Å². The molecule has 0 spiro atoms. The van der Waals surface area contributed by atoms with Crippen molar-refractivity contribution in [3.05, 3.63) is 58.5 Å². The fourth-order valence-electron chi connectivity index (χ4n) is 5.62. The number of rotatable bonds is 10. The van der Waals surface area contributed by atoms with E-state index in [1.165, 1.54) is 11.8 Å². The molecular weight excluding hydrogens is 530 g/mol. The van der Waals surface area contributed by atoms with E-state index in [1.807, 2.05) is 12.1 Å². The average molecular weight is 575 g/mol. The molecule has 0 aromatic rings. The van der Waals surface area contributed by atoms with E-state index in [9.17, 15) is 10.4 Å². The summed E-state index contributed by atoms with van der Waals surface area (Å²) in [4.78, 5) is 10.5. The maximum absolute atomic E-state index is 15.5. The number of likely N-dealkylation sites (N-methyl/N-ethyl adjacent to an activating group) is 1. The number of alkyl halides is 1. The van der Waals surface area contributed by atoms with E-state index in [4.69, 9.17) is 16.2 Å². The summed E-state index contributed by atoms with van der Waals surface area (Å²) < 4.78 is 36.2. The second kappa shape index (κ2) is 14.4. The third kappa shape index (κ3) is 7.40. The predicted octanol–water partition coefficient (Wildman–Crippen LogP) is 2.90. The monoisotopic (exact) mass is 574 g/mol. The minimum atomic E-state index is -1.71. The molecule has 1 aliphatic carbocycles. The highest BCUT2D eigenvalue weighted by molar-refractivity contribution is 6.03. The van der Waals surface area contributed by atoms with Crippen LogP contribution >= 0.6 is 0 Å². The largest absolute Gasteiger partial charge is 0.441 e. The second-order valence-corrected chi connectivity index (χ2v) is 10.4. The summed E-state index contributed by atoms with van der Waals surface area (Å²) in [6, 6.07) is 1.68. The van der Waals surface area contributed by atoms with Gasteiger partial charge in [0.25, 0.3) is 0 Å². The minimum Gasteiger partial charge on any atom is -0.441 e. The zero-order chi connectivity index (χ0) is 30.3. The predicted molar refractivity (Wildman–Crippen MR) is 156 cm³/mol. The summed E-state index contributed by atoms with van der Waals surface area (Å²) in [5, 5.41) is 22.9. The lowest BCUT2D eigenvalue weighted by atomic mass is 9.92. The van der Waals surface area contributed by atoms with E-state index in [0.29, 0.717) is 6.54 Å². The second-order valence-electron chi connectivity index (χ2n) is 10.4.